The van der Waals surface area contributed by atoms with Gasteiger partial charge in [0.2, 0.25) is 0 Å². The van der Waals surface area contributed by atoms with E-state index in [0.717, 1.165) is 0 Å². The molecule has 0 bridgehead atoms. The first-order valence-corrected chi connectivity index (χ1v) is 5.87. The highest BCUT2D eigenvalue weighted by Gasteiger charge is 2.34. The van der Waals surface area contributed by atoms with E-state index in [-0.39, 0.29) is 13.0 Å². The van der Waals surface area contributed by atoms with Crippen LogP contribution in [0.4, 0.5) is 0 Å². The molecule has 19 heavy (non-hydrogen) atoms. The van der Waals surface area contributed by atoms with Crippen LogP contribution in [0.25, 0.3) is 11.0 Å². The first kappa shape index (κ1) is 12.2. The Balaban J connectivity index is 2.07. The van der Waals surface area contributed by atoms with E-state index in [1.807, 2.05) is 0 Å². The number of hydrogen-bond acceptors (Lipinski definition) is 5. The van der Waals surface area contributed by atoms with Crippen LogP contribution < -0.4 is 11.2 Å². The van der Waals surface area contributed by atoms with Gasteiger partial charge in [0, 0.05) is 12.6 Å². The summed E-state index contributed by atoms with van der Waals surface area (Å²) in [6.07, 6.45) is -0.0731. The zero-order valence-electron chi connectivity index (χ0n) is 9.87. The fraction of sp³-hybridized carbons (Fsp3) is 0.455. The van der Waals surface area contributed by atoms with Gasteiger partial charge in [-0.2, -0.15) is 0 Å². The summed E-state index contributed by atoms with van der Waals surface area (Å²) in [7, 11) is 0. The molecule has 102 valence electrons. The quantitative estimate of drug-likeness (QED) is 0.536. The predicted octanol–water partition coefficient (Wildman–Crippen LogP) is -1.34. The lowest BCUT2D eigenvalue weighted by Crippen LogP contribution is -2.24. The van der Waals surface area contributed by atoms with Crippen LogP contribution in [-0.4, -0.2) is 43.6 Å². The summed E-state index contributed by atoms with van der Waals surface area (Å²) in [5, 5.41) is 19.1. The zero-order valence-corrected chi connectivity index (χ0v) is 9.87. The molecule has 0 radical (unpaired) electrons. The molecule has 1 fully saturated rings. The van der Waals surface area contributed by atoms with E-state index < -0.39 is 29.7 Å². The smallest absolute Gasteiger partial charge is 0.327 e. The van der Waals surface area contributed by atoms with Crippen LogP contribution in [0.1, 0.15) is 12.6 Å². The van der Waals surface area contributed by atoms with Gasteiger partial charge in [0.05, 0.1) is 18.1 Å². The SMILES string of the molecule is O=c1[nH]c(=O)c2ccn([C@H]3C[C@H](O)[C@@H](CO)O3)c2[nH]1. The Kier molecular flexibility index (Phi) is 2.77. The lowest BCUT2D eigenvalue weighted by molar-refractivity contribution is -0.0430. The molecular weight excluding hydrogens is 254 g/mol. The highest BCUT2D eigenvalue weighted by molar-refractivity contribution is 5.74. The first-order valence-electron chi connectivity index (χ1n) is 5.87. The number of aromatic amines is 2. The van der Waals surface area contributed by atoms with E-state index in [0.29, 0.717) is 11.0 Å². The Morgan fingerprint density at radius 1 is 1.42 bits per heavy atom. The summed E-state index contributed by atoms with van der Waals surface area (Å²) in [6.45, 7) is -0.284. The van der Waals surface area contributed by atoms with Crippen molar-refractivity contribution < 1.29 is 14.9 Å². The zero-order chi connectivity index (χ0) is 13.6. The van der Waals surface area contributed by atoms with Gasteiger partial charge in [0.15, 0.2) is 0 Å². The third-order valence-corrected chi connectivity index (χ3v) is 3.31. The van der Waals surface area contributed by atoms with Gasteiger partial charge in [-0.3, -0.25) is 14.8 Å². The van der Waals surface area contributed by atoms with Gasteiger partial charge < -0.3 is 19.5 Å². The highest BCUT2D eigenvalue weighted by atomic mass is 16.5. The van der Waals surface area contributed by atoms with Gasteiger partial charge in [-0.05, 0) is 6.07 Å². The van der Waals surface area contributed by atoms with Crippen molar-refractivity contribution in [2.24, 2.45) is 0 Å². The summed E-state index contributed by atoms with van der Waals surface area (Å²) < 4.78 is 7.06. The Morgan fingerprint density at radius 3 is 2.89 bits per heavy atom. The van der Waals surface area contributed by atoms with Crippen LogP contribution in [0.15, 0.2) is 21.9 Å². The van der Waals surface area contributed by atoms with Crippen molar-refractivity contribution in [3.63, 3.8) is 0 Å². The second kappa shape index (κ2) is 4.34. The normalized spacial score (nSPS) is 27.2. The maximum atomic E-state index is 11.6. The number of aliphatic hydroxyl groups is 2. The Morgan fingerprint density at radius 2 is 2.21 bits per heavy atom. The third-order valence-electron chi connectivity index (χ3n) is 3.31. The first-order chi connectivity index (χ1) is 9.10. The molecular formula is C11H13N3O5. The van der Waals surface area contributed by atoms with Crippen molar-refractivity contribution in [1.29, 1.82) is 0 Å². The van der Waals surface area contributed by atoms with Crippen LogP contribution in [0.2, 0.25) is 0 Å². The van der Waals surface area contributed by atoms with Gasteiger partial charge in [-0.25, -0.2) is 4.79 Å². The number of H-pyrrole nitrogens is 2. The van der Waals surface area contributed by atoms with Crippen molar-refractivity contribution in [1.82, 2.24) is 14.5 Å². The van der Waals surface area contributed by atoms with E-state index in [2.05, 4.69) is 9.97 Å². The lowest BCUT2D eigenvalue weighted by atomic mass is 10.2. The number of fused-ring (bicyclic) bond motifs is 1. The molecule has 2 aromatic heterocycles. The number of aliphatic hydroxyl groups excluding tert-OH is 2. The summed E-state index contributed by atoms with van der Waals surface area (Å²) in [5.41, 5.74) is -0.742. The van der Waals surface area contributed by atoms with Gasteiger partial charge >= 0.3 is 5.69 Å². The maximum absolute atomic E-state index is 11.6. The predicted molar refractivity (Wildman–Crippen MR) is 64.8 cm³/mol. The molecule has 0 aliphatic carbocycles. The summed E-state index contributed by atoms with van der Waals surface area (Å²) in [5.74, 6) is 0. The summed E-state index contributed by atoms with van der Waals surface area (Å²) in [4.78, 5) is 27.6. The molecule has 0 unspecified atom stereocenters. The second-order valence-corrected chi connectivity index (χ2v) is 4.51. The van der Waals surface area contributed by atoms with Crippen LogP contribution >= 0.6 is 0 Å². The minimum atomic E-state index is -0.777. The Hall–Kier alpha value is -1.90. The molecule has 4 N–H and O–H groups in total. The van der Waals surface area contributed by atoms with Crippen LogP contribution in [0.5, 0.6) is 0 Å². The van der Waals surface area contributed by atoms with E-state index in [9.17, 15) is 14.7 Å². The molecule has 0 amide bonds. The molecule has 3 heterocycles. The largest absolute Gasteiger partial charge is 0.394 e. The van der Waals surface area contributed by atoms with E-state index in [4.69, 9.17) is 9.84 Å². The van der Waals surface area contributed by atoms with Crippen molar-refractivity contribution >= 4 is 11.0 Å². The van der Waals surface area contributed by atoms with Crippen molar-refractivity contribution in [3.8, 4) is 0 Å². The highest BCUT2D eigenvalue weighted by Crippen LogP contribution is 2.30. The molecule has 1 aliphatic rings. The standard InChI is InChI=1S/C11H13N3O5/c15-4-7-6(16)3-8(19-7)14-2-1-5-9(14)12-11(18)13-10(5)17/h1-2,6-8,15-16H,3-4H2,(H2,12,13,17,18)/t6-,7+,8+/m0/s1. The van der Waals surface area contributed by atoms with Crippen molar-refractivity contribution in [2.75, 3.05) is 6.61 Å². The van der Waals surface area contributed by atoms with E-state index in [1.54, 1.807) is 16.8 Å². The molecule has 0 aromatic carbocycles. The molecule has 8 heteroatoms. The number of nitrogens with zero attached hydrogens (tertiary/aromatic N) is 1. The van der Waals surface area contributed by atoms with Gasteiger partial charge in [0.25, 0.3) is 5.56 Å². The number of ether oxygens (including phenoxy) is 1. The second-order valence-electron chi connectivity index (χ2n) is 4.51. The number of nitrogens with one attached hydrogen (secondary N) is 2. The minimum absolute atomic E-state index is 0.282. The maximum Gasteiger partial charge on any atom is 0.327 e. The van der Waals surface area contributed by atoms with Crippen LogP contribution in [0.3, 0.4) is 0 Å². The number of aromatic nitrogens is 3. The Bertz CT molecular complexity index is 715. The van der Waals surface area contributed by atoms with Crippen molar-refractivity contribution in [3.05, 3.63) is 33.1 Å². The third kappa shape index (κ3) is 1.89. The lowest BCUT2D eigenvalue weighted by Gasteiger charge is -2.14. The minimum Gasteiger partial charge on any atom is -0.394 e. The van der Waals surface area contributed by atoms with Gasteiger partial charge in [-0.1, -0.05) is 0 Å². The average Bonchev–Trinajstić information content (AvgIpc) is 2.92. The molecule has 3 rings (SSSR count). The summed E-state index contributed by atoms with van der Waals surface area (Å²) in [6, 6.07) is 1.56. The summed E-state index contributed by atoms with van der Waals surface area (Å²) >= 11 is 0. The molecule has 1 aliphatic heterocycles. The van der Waals surface area contributed by atoms with Crippen LogP contribution in [-0.2, 0) is 4.74 Å². The number of rotatable bonds is 2. The molecule has 1 saturated heterocycles. The fourth-order valence-corrected chi connectivity index (χ4v) is 2.36. The molecule has 0 spiro atoms. The van der Waals surface area contributed by atoms with E-state index >= 15 is 0 Å². The fourth-order valence-electron chi connectivity index (χ4n) is 2.36. The Labute approximate surface area is 106 Å². The van der Waals surface area contributed by atoms with E-state index in [1.165, 1.54) is 0 Å². The molecule has 3 atom stereocenters. The molecule has 2 aromatic rings. The molecule has 8 nitrogen and oxygen atoms in total. The van der Waals surface area contributed by atoms with Crippen molar-refractivity contribution in [2.45, 2.75) is 24.9 Å². The molecule has 0 saturated carbocycles. The number of hydrogen-bond donors (Lipinski definition) is 4. The van der Waals surface area contributed by atoms with Crippen LogP contribution in [0, 0.1) is 0 Å². The average molecular weight is 267 g/mol. The monoisotopic (exact) mass is 267 g/mol. The van der Waals surface area contributed by atoms with Gasteiger partial charge in [0.1, 0.15) is 18.0 Å². The van der Waals surface area contributed by atoms with Gasteiger partial charge in [-0.15, -0.1) is 0 Å². The topological polar surface area (TPSA) is 120 Å².